The maximum atomic E-state index is 11.6. The number of hydrogen-bond acceptors (Lipinski definition) is 3. The molecular weight excluding hydrogens is 212 g/mol. The molecule has 0 saturated carbocycles. The van der Waals surface area contributed by atoms with Gasteiger partial charge in [0.1, 0.15) is 11.2 Å². The minimum atomic E-state index is -1.39. The molecule has 0 atom stereocenters. The number of nitrogens with one attached hydrogen (secondary N) is 2. The molecule has 0 unspecified atom stereocenters. The Hall–Kier alpha value is -2.11. The number of aromatic amines is 1. The maximum absolute atomic E-state index is 11.6. The number of amides is 1. The minimum Gasteiger partial charge on any atom is -0.480 e. The Labute approximate surface area is 91.3 Å². The van der Waals surface area contributed by atoms with Crippen LogP contribution in [0.15, 0.2) is 23.0 Å². The van der Waals surface area contributed by atoms with Crippen LogP contribution in [0.5, 0.6) is 0 Å². The van der Waals surface area contributed by atoms with Gasteiger partial charge in [-0.15, -0.1) is 0 Å². The Bertz CT molecular complexity index is 476. The zero-order valence-electron chi connectivity index (χ0n) is 8.90. The molecule has 0 aliphatic rings. The molecule has 86 valence electrons. The van der Waals surface area contributed by atoms with E-state index in [0.717, 1.165) is 0 Å². The number of rotatable bonds is 3. The number of carbonyl (C=O) groups excluding carboxylic acids is 1. The van der Waals surface area contributed by atoms with E-state index in [9.17, 15) is 14.4 Å². The molecule has 0 aliphatic carbocycles. The van der Waals surface area contributed by atoms with Crippen LogP contribution in [0.3, 0.4) is 0 Å². The van der Waals surface area contributed by atoms with Crippen LogP contribution in [0.4, 0.5) is 0 Å². The summed E-state index contributed by atoms with van der Waals surface area (Å²) in [5.41, 5.74) is -1.77. The molecule has 0 radical (unpaired) electrons. The third-order valence-corrected chi connectivity index (χ3v) is 1.97. The van der Waals surface area contributed by atoms with Crippen molar-refractivity contribution in [3.05, 3.63) is 34.2 Å². The first-order chi connectivity index (χ1) is 7.33. The van der Waals surface area contributed by atoms with Gasteiger partial charge in [-0.3, -0.25) is 9.59 Å². The first kappa shape index (κ1) is 12.0. The Morgan fingerprint density at radius 1 is 1.38 bits per heavy atom. The van der Waals surface area contributed by atoms with Crippen molar-refractivity contribution in [3.8, 4) is 0 Å². The summed E-state index contributed by atoms with van der Waals surface area (Å²) in [4.78, 5) is 35.6. The average Bonchev–Trinajstić information content (AvgIpc) is 2.16. The highest BCUT2D eigenvalue weighted by molar-refractivity contribution is 5.96. The first-order valence-electron chi connectivity index (χ1n) is 4.58. The van der Waals surface area contributed by atoms with E-state index >= 15 is 0 Å². The van der Waals surface area contributed by atoms with Crippen molar-refractivity contribution in [1.29, 1.82) is 0 Å². The van der Waals surface area contributed by atoms with Crippen LogP contribution >= 0.6 is 0 Å². The summed E-state index contributed by atoms with van der Waals surface area (Å²) >= 11 is 0. The van der Waals surface area contributed by atoms with Crippen molar-refractivity contribution >= 4 is 11.9 Å². The predicted octanol–water partition coefficient (Wildman–Crippen LogP) is -0.0321. The number of H-pyrrole nitrogens is 1. The van der Waals surface area contributed by atoms with E-state index in [-0.39, 0.29) is 5.69 Å². The van der Waals surface area contributed by atoms with E-state index in [2.05, 4.69) is 10.3 Å². The van der Waals surface area contributed by atoms with E-state index < -0.39 is 23.0 Å². The van der Waals surface area contributed by atoms with Crippen molar-refractivity contribution in [2.45, 2.75) is 19.4 Å². The van der Waals surface area contributed by atoms with Crippen LogP contribution in [-0.4, -0.2) is 27.5 Å². The summed E-state index contributed by atoms with van der Waals surface area (Å²) in [5.74, 6) is -1.79. The van der Waals surface area contributed by atoms with Crippen LogP contribution in [-0.2, 0) is 4.79 Å². The SMILES string of the molecule is CC(C)(NC(=O)c1cccc(=O)[nH]1)C(=O)O. The van der Waals surface area contributed by atoms with E-state index in [1.54, 1.807) is 0 Å². The molecule has 1 aromatic heterocycles. The van der Waals surface area contributed by atoms with Crippen LogP contribution in [0.2, 0.25) is 0 Å². The van der Waals surface area contributed by atoms with Gasteiger partial charge in [-0.25, -0.2) is 4.79 Å². The Morgan fingerprint density at radius 2 is 2.00 bits per heavy atom. The molecular formula is C10H12N2O4. The second-order valence-electron chi connectivity index (χ2n) is 3.81. The number of hydrogen-bond donors (Lipinski definition) is 3. The molecule has 1 rings (SSSR count). The normalized spacial score (nSPS) is 10.9. The Kier molecular flexibility index (Phi) is 3.12. The van der Waals surface area contributed by atoms with Crippen LogP contribution in [0.1, 0.15) is 24.3 Å². The number of carbonyl (C=O) groups is 2. The molecule has 0 spiro atoms. The second kappa shape index (κ2) is 4.18. The van der Waals surface area contributed by atoms with Crippen molar-refractivity contribution in [1.82, 2.24) is 10.3 Å². The van der Waals surface area contributed by atoms with E-state index in [0.29, 0.717) is 0 Å². The lowest BCUT2D eigenvalue weighted by Crippen LogP contribution is -2.50. The van der Waals surface area contributed by atoms with Crippen LogP contribution < -0.4 is 10.9 Å². The monoisotopic (exact) mass is 224 g/mol. The zero-order valence-corrected chi connectivity index (χ0v) is 8.90. The molecule has 3 N–H and O–H groups in total. The number of carboxylic acids is 1. The van der Waals surface area contributed by atoms with Crippen molar-refractivity contribution in [2.75, 3.05) is 0 Å². The minimum absolute atomic E-state index is 0.0295. The van der Waals surface area contributed by atoms with Gasteiger partial charge in [-0.05, 0) is 19.9 Å². The summed E-state index contributed by atoms with van der Waals surface area (Å²) in [6.07, 6.45) is 0. The highest BCUT2D eigenvalue weighted by atomic mass is 16.4. The lowest BCUT2D eigenvalue weighted by molar-refractivity contribution is -0.143. The number of aliphatic carboxylic acids is 1. The summed E-state index contributed by atoms with van der Waals surface area (Å²) in [6.45, 7) is 2.71. The van der Waals surface area contributed by atoms with Gasteiger partial charge in [-0.2, -0.15) is 0 Å². The van der Waals surface area contributed by atoms with Crippen molar-refractivity contribution < 1.29 is 14.7 Å². The fourth-order valence-electron chi connectivity index (χ4n) is 0.985. The molecule has 0 aliphatic heterocycles. The number of aromatic nitrogens is 1. The van der Waals surface area contributed by atoms with E-state index in [1.165, 1.54) is 32.0 Å². The van der Waals surface area contributed by atoms with Gasteiger partial charge in [-0.1, -0.05) is 6.07 Å². The van der Waals surface area contributed by atoms with Gasteiger partial charge in [0.25, 0.3) is 5.91 Å². The molecule has 1 heterocycles. The van der Waals surface area contributed by atoms with E-state index in [1.807, 2.05) is 0 Å². The molecule has 0 aromatic carbocycles. The maximum Gasteiger partial charge on any atom is 0.328 e. The van der Waals surface area contributed by atoms with Crippen LogP contribution in [0.25, 0.3) is 0 Å². The van der Waals surface area contributed by atoms with Gasteiger partial charge < -0.3 is 15.4 Å². The largest absolute Gasteiger partial charge is 0.480 e. The van der Waals surface area contributed by atoms with Crippen molar-refractivity contribution in [3.63, 3.8) is 0 Å². The highest BCUT2D eigenvalue weighted by Gasteiger charge is 2.29. The van der Waals surface area contributed by atoms with Crippen molar-refractivity contribution in [2.24, 2.45) is 0 Å². The lowest BCUT2D eigenvalue weighted by atomic mass is 10.1. The highest BCUT2D eigenvalue weighted by Crippen LogP contribution is 2.03. The van der Waals surface area contributed by atoms with Gasteiger partial charge in [0, 0.05) is 6.07 Å². The Balaban J connectivity index is 2.89. The summed E-state index contributed by atoms with van der Waals surface area (Å²) in [6, 6.07) is 4.08. The van der Waals surface area contributed by atoms with Gasteiger partial charge in [0.05, 0.1) is 0 Å². The smallest absolute Gasteiger partial charge is 0.328 e. The third kappa shape index (κ3) is 2.69. The molecule has 16 heavy (non-hydrogen) atoms. The third-order valence-electron chi connectivity index (χ3n) is 1.97. The number of carboxylic acid groups (broad SMARTS) is 1. The average molecular weight is 224 g/mol. The zero-order chi connectivity index (χ0) is 12.3. The Morgan fingerprint density at radius 3 is 2.50 bits per heavy atom. The van der Waals surface area contributed by atoms with E-state index in [4.69, 9.17) is 5.11 Å². The molecule has 1 amide bonds. The first-order valence-corrected chi connectivity index (χ1v) is 4.58. The lowest BCUT2D eigenvalue weighted by Gasteiger charge is -2.20. The summed E-state index contributed by atoms with van der Waals surface area (Å²) in [7, 11) is 0. The molecule has 0 bridgehead atoms. The molecule has 6 nitrogen and oxygen atoms in total. The summed E-state index contributed by atoms with van der Waals surface area (Å²) in [5, 5.41) is 11.1. The standard InChI is InChI=1S/C10H12N2O4/c1-10(2,9(15)16)12-8(14)6-4-3-5-7(13)11-6/h3-5H,1-2H3,(H,11,13)(H,12,14)(H,15,16). The predicted molar refractivity (Wildman–Crippen MR) is 56.2 cm³/mol. The quantitative estimate of drug-likeness (QED) is 0.671. The second-order valence-corrected chi connectivity index (χ2v) is 3.81. The van der Waals surface area contributed by atoms with Gasteiger partial charge >= 0.3 is 5.97 Å². The van der Waals surface area contributed by atoms with Gasteiger partial charge in [0.2, 0.25) is 5.56 Å². The molecule has 0 fully saturated rings. The van der Waals surface area contributed by atoms with Crippen LogP contribution in [0, 0.1) is 0 Å². The fraction of sp³-hybridized carbons (Fsp3) is 0.300. The molecule has 0 saturated heterocycles. The molecule has 6 heteroatoms. The topological polar surface area (TPSA) is 99.3 Å². The van der Waals surface area contributed by atoms with Gasteiger partial charge in [0.15, 0.2) is 0 Å². The summed E-state index contributed by atoms with van der Waals surface area (Å²) < 4.78 is 0. The number of pyridine rings is 1. The molecule has 1 aromatic rings. The fourth-order valence-corrected chi connectivity index (χ4v) is 0.985.